The molecule has 0 aromatic heterocycles. The maximum absolute atomic E-state index is 13.3. The minimum atomic E-state index is -3.81. The maximum atomic E-state index is 13.3. The fourth-order valence-corrected chi connectivity index (χ4v) is 3.11. The number of hydrogen-bond acceptors (Lipinski definition) is 3. The highest BCUT2D eigenvalue weighted by Gasteiger charge is 2.37. The Labute approximate surface area is 99.1 Å². The molecule has 0 heterocycles. The normalized spacial score (nSPS) is 23.1. The van der Waals surface area contributed by atoms with Crippen LogP contribution >= 0.6 is 0 Å². The first-order chi connectivity index (χ1) is 7.95. The Hall–Kier alpha value is -1.45. The molecular weight excluding hydrogens is 243 g/mol. The van der Waals surface area contributed by atoms with E-state index in [0.29, 0.717) is 5.92 Å². The third-order valence-electron chi connectivity index (χ3n) is 2.79. The predicted octanol–water partition coefficient (Wildman–Crippen LogP) is 1.38. The van der Waals surface area contributed by atoms with Crippen LogP contribution in [0.5, 0.6) is 0 Å². The Morgan fingerprint density at radius 2 is 2.18 bits per heavy atom. The van der Waals surface area contributed by atoms with Gasteiger partial charge in [-0.1, -0.05) is 13.0 Å². The third kappa shape index (κ3) is 2.30. The first-order valence-electron chi connectivity index (χ1n) is 5.16. The number of benzene rings is 1. The van der Waals surface area contributed by atoms with E-state index in [1.807, 2.05) is 6.92 Å². The van der Waals surface area contributed by atoms with Crippen LogP contribution < -0.4 is 4.72 Å². The van der Waals surface area contributed by atoms with Crippen LogP contribution in [0.25, 0.3) is 0 Å². The zero-order valence-electron chi connectivity index (χ0n) is 9.14. The van der Waals surface area contributed by atoms with Crippen LogP contribution in [0.2, 0.25) is 0 Å². The monoisotopic (exact) mass is 254 g/mol. The number of nitrogens with zero attached hydrogens (tertiary/aromatic N) is 1. The lowest BCUT2D eigenvalue weighted by Gasteiger charge is -2.07. The first kappa shape index (κ1) is 12.0. The average molecular weight is 254 g/mol. The van der Waals surface area contributed by atoms with Gasteiger partial charge < -0.3 is 0 Å². The van der Waals surface area contributed by atoms with E-state index in [9.17, 15) is 12.8 Å². The summed E-state index contributed by atoms with van der Waals surface area (Å²) in [5, 5.41) is 8.78. The lowest BCUT2D eigenvalue weighted by molar-refractivity contribution is 0.573. The van der Waals surface area contributed by atoms with Crippen LogP contribution in [0, 0.1) is 23.1 Å². The van der Waals surface area contributed by atoms with Crippen molar-refractivity contribution in [3.8, 4) is 6.07 Å². The topological polar surface area (TPSA) is 70.0 Å². The van der Waals surface area contributed by atoms with Crippen molar-refractivity contribution in [2.24, 2.45) is 5.92 Å². The van der Waals surface area contributed by atoms with Crippen molar-refractivity contribution in [2.45, 2.75) is 24.3 Å². The van der Waals surface area contributed by atoms with Gasteiger partial charge in [0.05, 0.1) is 0 Å². The number of sulfonamides is 1. The van der Waals surface area contributed by atoms with E-state index >= 15 is 0 Å². The largest absolute Gasteiger partial charge is 0.242 e. The zero-order chi connectivity index (χ0) is 12.6. The summed E-state index contributed by atoms with van der Waals surface area (Å²) in [6.07, 6.45) is 0.774. The van der Waals surface area contributed by atoms with Crippen molar-refractivity contribution >= 4 is 10.0 Å². The molecule has 0 spiro atoms. The molecule has 6 heteroatoms. The summed E-state index contributed by atoms with van der Waals surface area (Å²) in [6, 6.07) is 5.06. The molecule has 2 atom stereocenters. The van der Waals surface area contributed by atoms with Crippen LogP contribution in [-0.2, 0) is 10.0 Å². The predicted molar refractivity (Wildman–Crippen MR) is 59.0 cm³/mol. The molecule has 0 aliphatic heterocycles. The molecule has 4 nitrogen and oxygen atoms in total. The van der Waals surface area contributed by atoms with Crippen molar-refractivity contribution < 1.29 is 12.8 Å². The molecule has 1 N–H and O–H groups in total. The summed E-state index contributed by atoms with van der Waals surface area (Å²) in [7, 11) is -3.81. The molecule has 1 aromatic carbocycles. The molecule has 0 amide bonds. The fourth-order valence-electron chi connectivity index (χ4n) is 1.59. The lowest BCUT2D eigenvalue weighted by Crippen LogP contribution is -2.27. The summed E-state index contributed by atoms with van der Waals surface area (Å²) < 4.78 is 39.6. The Kier molecular flexibility index (Phi) is 2.89. The Morgan fingerprint density at radius 3 is 2.71 bits per heavy atom. The van der Waals surface area contributed by atoms with Gasteiger partial charge in [0.2, 0.25) is 10.0 Å². The second-order valence-electron chi connectivity index (χ2n) is 4.17. The summed E-state index contributed by atoms with van der Waals surface area (Å²) in [6.45, 7) is 1.92. The SMILES string of the molecule is CC1CC1NS(=O)(=O)c1cccc(F)c1C#N. The molecule has 0 saturated heterocycles. The van der Waals surface area contributed by atoms with Crippen molar-refractivity contribution in [1.82, 2.24) is 4.72 Å². The second-order valence-corrected chi connectivity index (χ2v) is 5.85. The summed E-state index contributed by atoms with van der Waals surface area (Å²) in [5.41, 5.74) is -0.437. The lowest BCUT2D eigenvalue weighted by atomic mass is 10.2. The molecular formula is C11H11FN2O2S. The van der Waals surface area contributed by atoms with Crippen LogP contribution in [0.1, 0.15) is 18.9 Å². The first-order valence-corrected chi connectivity index (χ1v) is 6.65. The maximum Gasteiger partial charge on any atom is 0.242 e. The molecule has 90 valence electrons. The number of nitrogens with one attached hydrogen (secondary N) is 1. The van der Waals surface area contributed by atoms with Crippen molar-refractivity contribution in [2.75, 3.05) is 0 Å². The van der Waals surface area contributed by atoms with E-state index in [1.165, 1.54) is 12.1 Å². The van der Waals surface area contributed by atoms with Gasteiger partial charge in [-0.15, -0.1) is 0 Å². The van der Waals surface area contributed by atoms with Gasteiger partial charge in [0.25, 0.3) is 0 Å². The smallest absolute Gasteiger partial charge is 0.208 e. The van der Waals surface area contributed by atoms with Gasteiger partial charge in [0.1, 0.15) is 22.3 Å². The van der Waals surface area contributed by atoms with Crippen LogP contribution in [-0.4, -0.2) is 14.5 Å². The number of nitriles is 1. The highest BCUT2D eigenvalue weighted by Crippen LogP contribution is 2.31. The number of halogens is 1. The van der Waals surface area contributed by atoms with Gasteiger partial charge >= 0.3 is 0 Å². The van der Waals surface area contributed by atoms with Gasteiger partial charge in [0, 0.05) is 6.04 Å². The van der Waals surface area contributed by atoms with E-state index in [1.54, 1.807) is 6.07 Å². The second kappa shape index (κ2) is 4.09. The summed E-state index contributed by atoms with van der Waals surface area (Å²) in [4.78, 5) is -0.292. The van der Waals surface area contributed by atoms with E-state index in [0.717, 1.165) is 12.5 Å². The number of hydrogen-bond donors (Lipinski definition) is 1. The highest BCUT2D eigenvalue weighted by molar-refractivity contribution is 7.89. The Balaban J connectivity index is 2.40. The molecule has 0 radical (unpaired) electrons. The average Bonchev–Trinajstić information content (AvgIpc) is 2.92. The van der Waals surface area contributed by atoms with E-state index in [4.69, 9.17) is 5.26 Å². The van der Waals surface area contributed by atoms with Gasteiger partial charge in [-0.3, -0.25) is 0 Å². The number of rotatable bonds is 3. The Bertz CT molecular complexity index is 592. The van der Waals surface area contributed by atoms with E-state index in [2.05, 4.69) is 4.72 Å². The minimum Gasteiger partial charge on any atom is -0.208 e. The molecule has 1 aromatic rings. The van der Waals surface area contributed by atoms with Crippen LogP contribution in [0.15, 0.2) is 23.1 Å². The van der Waals surface area contributed by atoms with Crippen molar-refractivity contribution in [3.05, 3.63) is 29.6 Å². The van der Waals surface area contributed by atoms with Crippen LogP contribution in [0.3, 0.4) is 0 Å². The van der Waals surface area contributed by atoms with Gasteiger partial charge in [-0.05, 0) is 24.5 Å². The van der Waals surface area contributed by atoms with Crippen molar-refractivity contribution in [1.29, 1.82) is 5.26 Å². The molecule has 1 saturated carbocycles. The van der Waals surface area contributed by atoms with E-state index < -0.39 is 21.4 Å². The quantitative estimate of drug-likeness (QED) is 0.886. The molecule has 1 aliphatic carbocycles. The van der Waals surface area contributed by atoms with E-state index in [-0.39, 0.29) is 10.9 Å². The Morgan fingerprint density at radius 1 is 1.53 bits per heavy atom. The molecule has 2 unspecified atom stereocenters. The molecule has 1 fully saturated rings. The zero-order valence-corrected chi connectivity index (χ0v) is 9.96. The highest BCUT2D eigenvalue weighted by atomic mass is 32.2. The van der Waals surface area contributed by atoms with Gasteiger partial charge in [-0.25, -0.2) is 17.5 Å². The van der Waals surface area contributed by atoms with Gasteiger partial charge in [0.15, 0.2) is 0 Å². The van der Waals surface area contributed by atoms with Crippen molar-refractivity contribution in [3.63, 3.8) is 0 Å². The summed E-state index contributed by atoms with van der Waals surface area (Å²) in [5.74, 6) is -0.525. The molecule has 1 aliphatic rings. The minimum absolute atomic E-state index is 0.102. The molecule has 17 heavy (non-hydrogen) atoms. The van der Waals surface area contributed by atoms with Gasteiger partial charge in [-0.2, -0.15) is 5.26 Å². The van der Waals surface area contributed by atoms with Crippen LogP contribution in [0.4, 0.5) is 4.39 Å². The standard InChI is InChI=1S/C11H11FN2O2S/c1-7-5-10(7)14-17(15,16)11-4-2-3-9(12)8(11)6-13/h2-4,7,10,14H,5H2,1H3. The molecule has 2 rings (SSSR count). The third-order valence-corrected chi connectivity index (χ3v) is 4.32. The summed E-state index contributed by atoms with van der Waals surface area (Å²) >= 11 is 0. The molecule has 0 bridgehead atoms. The fraction of sp³-hybridized carbons (Fsp3) is 0.364.